The molecule has 0 aliphatic carbocycles. The fourth-order valence-electron chi connectivity index (χ4n) is 1.49. The van der Waals surface area contributed by atoms with Crippen molar-refractivity contribution in [3.05, 3.63) is 23.4 Å². The molecule has 0 radical (unpaired) electrons. The predicted octanol–water partition coefficient (Wildman–Crippen LogP) is 2.30. The van der Waals surface area contributed by atoms with Crippen molar-refractivity contribution in [2.24, 2.45) is 0 Å². The van der Waals surface area contributed by atoms with Gasteiger partial charge >= 0.3 is 6.18 Å². The van der Waals surface area contributed by atoms with Crippen molar-refractivity contribution >= 4 is 11.7 Å². The van der Waals surface area contributed by atoms with Crippen LogP contribution in [0.1, 0.15) is 31.0 Å². The first-order chi connectivity index (χ1) is 9.88. The van der Waals surface area contributed by atoms with E-state index in [2.05, 4.69) is 15.6 Å². The fraction of sp³-hybridized carbons (Fsp3) is 0.462. The van der Waals surface area contributed by atoms with E-state index >= 15 is 0 Å². The highest BCUT2D eigenvalue weighted by molar-refractivity contribution is 5.76. The maximum Gasteiger partial charge on any atom is 0.433 e. The van der Waals surface area contributed by atoms with Crippen molar-refractivity contribution in [3.63, 3.8) is 0 Å². The van der Waals surface area contributed by atoms with E-state index in [0.717, 1.165) is 18.6 Å². The predicted molar refractivity (Wildman–Crippen MR) is 70.4 cm³/mol. The third-order valence-electron chi connectivity index (χ3n) is 2.52. The van der Waals surface area contributed by atoms with Crippen LogP contribution in [0.5, 0.6) is 0 Å². The summed E-state index contributed by atoms with van der Waals surface area (Å²) in [5.74, 6) is -0.384. The van der Waals surface area contributed by atoms with Gasteiger partial charge < -0.3 is 10.6 Å². The van der Waals surface area contributed by atoms with E-state index in [4.69, 9.17) is 5.26 Å². The zero-order valence-electron chi connectivity index (χ0n) is 11.4. The summed E-state index contributed by atoms with van der Waals surface area (Å²) in [6, 6.07) is 3.55. The number of nitriles is 1. The Bertz CT molecular complexity index is 537. The summed E-state index contributed by atoms with van der Waals surface area (Å²) in [4.78, 5) is 14.7. The number of hydrogen-bond donors (Lipinski definition) is 2. The van der Waals surface area contributed by atoms with E-state index in [9.17, 15) is 18.0 Å². The van der Waals surface area contributed by atoms with Gasteiger partial charge in [0.2, 0.25) is 5.91 Å². The Hall–Kier alpha value is -2.30. The zero-order chi connectivity index (χ0) is 15.9. The lowest BCUT2D eigenvalue weighted by Gasteiger charge is -2.11. The van der Waals surface area contributed by atoms with Crippen LogP contribution in [-0.4, -0.2) is 24.0 Å². The molecule has 2 N–H and O–H groups in total. The number of alkyl halides is 3. The highest BCUT2D eigenvalue weighted by Crippen LogP contribution is 2.29. The molecule has 21 heavy (non-hydrogen) atoms. The lowest BCUT2D eigenvalue weighted by molar-refractivity contribution is -0.141. The van der Waals surface area contributed by atoms with Crippen LogP contribution in [0.4, 0.5) is 19.0 Å². The second-order valence-corrected chi connectivity index (χ2v) is 4.23. The molecule has 0 aliphatic heterocycles. The molecule has 0 fully saturated rings. The summed E-state index contributed by atoms with van der Waals surface area (Å²) < 4.78 is 37.7. The van der Waals surface area contributed by atoms with E-state index in [1.165, 1.54) is 0 Å². The first kappa shape index (κ1) is 16.8. The smallest absolute Gasteiger partial charge is 0.368 e. The maximum absolute atomic E-state index is 12.6. The number of hydrogen-bond acceptors (Lipinski definition) is 4. The summed E-state index contributed by atoms with van der Waals surface area (Å²) in [5.41, 5.74) is -1.09. The van der Waals surface area contributed by atoms with Crippen LogP contribution >= 0.6 is 0 Å². The van der Waals surface area contributed by atoms with E-state index < -0.39 is 11.9 Å². The highest BCUT2D eigenvalue weighted by Gasteiger charge is 2.33. The van der Waals surface area contributed by atoms with Crippen molar-refractivity contribution in [1.29, 1.82) is 5.26 Å². The van der Waals surface area contributed by atoms with Gasteiger partial charge in [-0.05, 0) is 18.6 Å². The molecule has 0 bridgehead atoms. The van der Waals surface area contributed by atoms with E-state index in [1.807, 2.05) is 6.92 Å². The Labute approximate surface area is 120 Å². The molecule has 1 rings (SSSR count). The van der Waals surface area contributed by atoms with Crippen LogP contribution in [0.15, 0.2) is 12.1 Å². The number of halogens is 3. The second-order valence-electron chi connectivity index (χ2n) is 4.23. The number of anilines is 1. The third-order valence-corrected chi connectivity index (χ3v) is 2.52. The van der Waals surface area contributed by atoms with E-state index in [-0.39, 0.29) is 30.3 Å². The molecule has 0 spiro atoms. The van der Waals surface area contributed by atoms with Gasteiger partial charge in [0, 0.05) is 19.5 Å². The third kappa shape index (κ3) is 5.30. The van der Waals surface area contributed by atoms with Crippen molar-refractivity contribution in [2.75, 3.05) is 18.4 Å². The second kappa shape index (κ2) is 7.47. The average Bonchev–Trinajstić information content (AvgIpc) is 2.44. The van der Waals surface area contributed by atoms with Crippen molar-refractivity contribution in [1.82, 2.24) is 10.3 Å². The molecule has 0 unspecified atom stereocenters. The largest absolute Gasteiger partial charge is 0.433 e. The minimum Gasteiger partial charge on any atom is -0.368 e. The molecule has 0 aliphatic rings. The normalized spacial score (nSPS) is 10.8. The first-order valence-corrected chi connectivity index (χ1v) is 6.37. The maximum atomic E-state index is 12.6. The van der Waals surface area contributed by atoms with Gasteiger partial charge in [-0.2, -0.15) is 18.4 Å². The van der Waals surface area contributed by atoms with Crippen LogP contribution in [0, 0.1) is 11.3 Å². The van der Waals surface area contributed by atoms with Crippen molar-refractivity contribution in [3.8, 4) is 6.07 Å². The van der Waals surface area contributed by atoms with Crippen LogP contribution < -0.4 is 10.6 Å². The van der Waals surface area contributed by atoms with Gasteiger partial charge in [0.05, 0.1) is 5.56 Å². The van der Waals surface area contributed by atoms with Crippen LogP contribution in [0.3, 0.4) is 0 Å². The molecule has 114 valence electrons. The standard InChI is InChI=1S/C13H15F3N4O/c1-2-6-18-11(21)5-7-19-12-9(8-17)3-4-10(20-12)13(14,15)16/h3-4H,2,5-7H2,1H3,(H,18,21)(H,19,20). The molecular weight excluding hydrogens is 285 g/mol. The van der Waals surface area contributed by atoms with Gasteiger partial charge in [-0.3, -0.25) is 4.79 Å². The number of carbonyl (C=O) groups is 1. The molecule has 1 heterocycles. The fourth-order valence-corrected chi connectivity index (χ4v) is 1.49. The van der Waals surface area contributed by atoms with Crippen molar-refractivity contribution in [2.45, 2.75) is 25.9 Å². The quantitative estimate of drug-likeness (QED) is 0.845. The van der Waals surface area contributed by atoms with Crippen molar-refractivity contribution < 1.29 is 18.0 Å². The molecule has 1 amide bonds. The highest BCUT2D eigenvalue weighted by atomic mass is 19.4. The zero-order valence-corrected chi connectivity index (χ0v) is 11.4. The number of aromatic nitrogens is 1. The van der Waals surface area contributed by atoms with Crippen LogP contribution in [-0.2, 0) is 11.0 Å². The van der Waals surface area contributed by atoms with Crippen LogP contribution in [0.2, 0.25) is 0 Å². The Morgan fingerprint density at radius 2 is 2.10 bits per heavy atom. The molecule has 8 heteroatoms. The van der Waals surface area contributed by atoms with Gasteiger partial charge in [0.15, 0.2) is 0 Å². The van der Waals surface area contributed by atoms with E-state index in [0.29, 0.717) is 6.54 Å². The van der Waals surface area contributed by atoms with Gasteiger partial charge in [-0.1, -0.05) is 6.92 Å². The summed E-state index contributed by atoms with van der Waals surface area (Å²) in [7, 11) is 0. The average molecular weight is 300 g/mol. The molecule has 5 nitrogen and oxygen atoms in total. The topological polar surface area (TPSA) is 77.8 Å². The molecule has 1 aromatic heterocycles. The molecule has 0 saturated heterocycles. The van der Waals surface area contributed by atoms with Gasteiger partial charge in [0.25, 0.3) is 0 Å². The molecule has 0 atom stereocenters. The number of carbonyl (C=O) groups excluding carboxylic acids is 1. The number of nitrogens with one attached hydrogen (secondary N) is 2. The SMILES string of the molecule is CCCNC(=O)CCNc1nc(C(F)(F)F)ccc1C#N. The summed E-state index contributed by atoms with van der Waals surface area (Å²) in [6.45, 7) is 2.55. The number of rotatable bonds is 6. The molecule has 1 aromatic rings. The van der Waals surface area contributed by atoms with E-state index in [1.54, 1.807) is 6.07 Å². The monoisotopic (exact) mass is 300 g/mol. The molecule has 0 aromatic carbocycles. The lowest BCUT2D eigenvalue weighted by atomic mass is 10.2. The Morgan fingerprint density at radius 3 is 2.67 bits per heavy atom. The molecule has 0 saturated carbocycles. The summed E-state index contributed by atoms with van der Waals surface area (Å²) >= 11 is 0. The molecular formula is C13H15F3N4O. The lowest BCUT2D eigenvalue weighted by Crippen LogP contribution is -2.26. The number of nitrogens with zero attached hydrogens (tertiary/aromatic N) is 2. The van der Waals surface area contributed by atoms with Gasteiger partial charge in [-0.15, -0.1) is 0 Å². The van der Waals surface area contributed by atoms with Gasteiger partial charge in [0.1, 0.15) is 17.6 Å². The first-order valence-electron chi connectivity index (χ1n) is 6.37. The number of pyridine rings is 1. The van der Waals surface area contributed by atoms with Gasteiger partial charge in [-0.25, -0.2) is 4.98 Å². The number of amides is 1. The Morgan fingerprint density at radius 1 is 1.38 bits per heavy atom. The van der Waals surface area contributed by atoms with Crippen LogP contribution in [0.25, 0.3) is 0 Å². The Kier molecular flexibility index (Phi) is 5.96. The minimum atomic E-state index is -4.58. The summed E-state index contributed by atoms with van der Waals surface area (Å²) in [6.07, 6.45) is -3.70. The minimum absolute atomic E-state index is 0.00281. The Balaban J connectivity index is 2.69. The summed E-state index contributed by atoms with van der Waals surface area (Å²) in [5, 5.41) is 14.1.